The molecule has 0 aromatic heterocycles. The highest BCUT2D eigenvalue weighted by Crippen LogP contribution is 2.59. The van der Waals surface area contributed by atoms with E-state index >= 15 is 0 Å². The third-order valence-corrected chi connectivity index (χ3v) is 8.13. The summed E-state index contributed by atoms with van der Waals surface area (Å²) in [5.74, 6) is -2.10. The molecule has 4 rings (SSSR count). The highest BCUT2D eigenvalue weighted by Gasteiger charge is 2.76. The van der Waals surface area contributed by atoms with E-state index in [4.69, 9.17) is 4.74 Å². The van der Waals surface area contributed by atoms with Crippen LogP contribution >= 0.6 is 15.9 Å². The van der Waals surface area contributed by atoms with Gasteiger partial charge in [-0.3, -0.25) is 14.4 Å². The SMILES string of the molecule is CCCCCNC(=O)C1N(CCCO)C(=O)[C@@H]2[C@H](C(=O)NCc3ccccc3)[C@H]3OC12CC3Br. The lowest BCUT2D eigenvalue weighted by Crippen LogP contribution is -2.56. The normalized spacial score (nSPS) is 31.6. The van der Waals surface area contributed by atoms with Crippen LogP contribution in [0.15, 0.2) is 30.3 Å². The maximum Gasteiger partial charge on any atom is 0.245 e. The number of amides is 3. The van der Waals surface area contributed by atoms with Gasteiger partial charge in [-0.05, 0) is 24.8 Å². The largest absolute Gasteiger partial charge is 0.396 e. The van der Waals surface area contributed by atoms with Gasteiger partial charge in [0.25, 0.3) is 0 Å². The van der Waals surface area contributed by atoms with Gasteiger partial charge in [0.2, 0.25) is 17.7 Å². The number of hydrogen-bond acceptors (Lipinski definition) is 5. The number of nitrogens with zero attached hydrogens (tertiary/aromatic N) is 1. The first-order chi connectivity index (χ1) is 16.4. The molecule has 34 heavy (non-hydrogen) atoms. The average molecular weight is 536 g/mol. The van der Waals surface area contributed by atoms with Gasteiger partial charge in [-0.2, -0.15) is 0 Å². The van der Waals surface area contributed by atoms with Crippen molar-refractivity contribution in [1.29, 1.82) is 0 Å². The Balaban J connectivity index is 1.57. The number of hydrogen-bond donors (Lipinski definition) is 3. The Hall–Kier alpha value is -1.97. The molecule has 3 unspecified atom stereocenters. The summed E-state index contributed by atoms with van der Waals surface area (Å²) in [6.45, 7) is 3.16. The molecule has 8 nitrogen and oxygen atoms in total. The number of halogens is 1. The molecule has 3 aliphatic rings. The number of aliphatic hydroxyl groups is 1. The Labute approximate surface area is 208 Å². The number of fused-ring (bicyclic) bond motifs is 1. The van der Waals surface area contributed by atoms with Crippen molar-refractivity contribution in [2.24, 2.45) is 11.8 Å². The van der Waals surface area contributed by atoms with Crippen molar-refractivity contribution in [2.75, 3.05) is 19.7 Å². The predicted molar refractivity (Wildman–Crippen MR) is 130 cm³/mol. The zero-order chi connectivity index (χ0) is 24.3. The van der Waals surface area contributed by atoms with E-state index in [2.05, 4.69) is 33.5 Å². The number of ether oxygens (including phenoxy) is 1. The molecule has 0 radical (unpaired) electrons. The Morgan fingerprint density at radius 2 is 1.94 bits per heavy atom. The van der Waals surface area contributed by atoms with Gasteiger partial charge in [-0.15, -0.1) is 0 Å². The minimum atomic E-state index is -1.05. The molecule has 186 valence electrons. The van der Waals surface area contributed by atoms with Crippen molar-refractivity contribution >= 4 is 33.7 Å². The van der Waals surface area contributed by atoms with Crippen LogP contribution in [0.4, 0.5) is 0 Å². The molecule has 1 spiro atoms. The van der Waals surface area contributed by atoms with Crippen LogP contribution in [0, 0.1) is 11.8 Å². The van der Waals surface area contributed by atoms with Crippen LogP contribution in [-0.2, 0) is 25.7 Å². The monoisotopic (exact) mass is 535 g/mol. The van der Waals surface area contributed by atoms with Crippen LogP contribution in [-0.4, -0.2) is 70.0 Å². The second-order valence-corrected chi connectivity index (χ2v) is 10.7. The number of alkyl halides is 1. The Kier molecular flexibility index (Phi) is 7.94. The Bertz CT molecular complexity index is 900. The summed E-state index contributed by atoms with van der Waals surface area (Å²) in [5, 5.41) is 15.4. The molecular formula is C25H34BrN3O5. The molecule has 6 atom stereocenters. The lowest BCUT2D eigenvalue weighted by molar-refractivity contribution is -0.142. The third-order valence-electron chi connectivity index (χ3n) is 7.29. The molecule has 3 aliphatic heterocycles. The molecule has 0 aliphatic carbocycles. The van der Waals surface area contributed by atoms with Gasteiger partial charge in [-0.25, -0.2) is 0 Å². The summed E-state index contributed by atoms with van der Waals surface area (Å²) < 4.78 is 6.43. The van der Waals surface area contributed by atoms with Gasteiger partial charge in [0, 0.05) is 31.1 Å². The molecular weight excluding hydrogens is 502 g/mol. The summed E-state index contributed by atoms with van der Waals surface area (Å²) in [5.41, 5.74) is -0.0775. The fraction of sp³-hybridized carbons (Fsp3) is 0.640. The molecule has 3 fully saturated rings. The van der Waals surface area contributed by atoms with Crippen LogP contribution in [0.1, 0.15) is 44.6 Å². The topological polar surface area (TPSA) is 108 Å². The standard InChI is InChI=1S/C25H34BrN3O5/c1-2-3-7-11-27-23(32)21-25-14-17(26)20(34-25)18(19(25)24(33)29(21)12-8-13-30)22(31)28-15-16-9-5-4-6-10-16/h4-6,9-10,17-21,30H,2-3,7-8,11-15H2,1H3,(H,27,32)(H,28,31)/t17?,18-,19-,20-,21?,25?/m0/s1. The van der Waals surface area contributed by atoms with Crippen LogP contribution in [0.2, 0.25) is 0 Å². The number of rotatable bonds is 11. The summed E-state index contributed by atoms with van der Waals surface area (Å²) in [4.78, 5) is 41.8. The number of likely N-dealkylation sites (tertiary alicyclic amines) is 1. The summed E-state index contributed by atoms with van der Waals surface area (Å²) >= 11 is 3.67. The van der Waals surface area contributed by atoms with Gasteiger partial charge in [0.05, 0.1) is 17.9 Å². The first kappa shape index (κ1) is 25.1. The zero-order valence-corrected chi connectivity index (χ0v) is 21.1. The molecule has 0 saturated carbocycles. The van der Waals surface area contributed by atoms with Crippen LogP contribution in [0.5, 0.6) is 0 Å². The van der Waals surface area contributed by atoms with E-state index in [0.29, 0.717) is 25.9 Å². The van der Waals surface area contributed by atoms with Gasteiger partial charge in [0.1, 0.15) is 11.6 Å². The summed E-state index contributed by atoms with van der Waals surface area (Å²) in [6.07, 6.45) is 3.30. The molecule has 3 heterocycles. The number of aliphatic hydroxyl groups excluding tert-OH is 1. The van der Waals surface area contributed by atoms with Gasteiger partial charge < -0.3 is 25.4 Å². The van der Waals surface area contributed by atoms with E-state index in [1.165, 1.54) is 4.90 Å². The Morgan fingerprint density at radius 3 is 2.65 bits per heavy atom. The minimum Gasteiger partial charge on any atom is -0.396 e. The highest BCUT2D eigenvalue weighted by atomic mass is 79.9. The average Bonchev–Trinajstić information content (AvgIpc) is 3.43. The van der Waals surface area contributed by atoms with E-state index in [9.17, 15) is 19.5 Å². The number of carbonyl (C=O) groups excluding carboxylic acids is 3. The fourth-order valence-corrected chi connectivity index (χ4v) is 6.74. The summed E-state index contributed by atoms with van der Waals surface area (Å²) in [6, 6.07) is 8.80. The van der Waals surface area contributed by atoms with E-state index in [1.54, 1.807) is 0 Å². The second-order valence-electron chi connectivity index (χ2n) is 9.47. The van der Waals surface area contributed by atoms with Gasteiger partial charge in [0.15, 0.2) is 0 Å². The number of unbranched alkanes of at least 4 members (excludes halogenated alkanes) is 2. The predicted octanol–water partition coefficient (Wildman–Crippen LogP) is 1.74. The van der Waals surface area contributed by atoms with Crippen molar-refractivity contribution in [2.45, 2.75) is 68.1 Å². The van der Waals surface area contributed by atoms with E-state index in [1.807, 2.05) is 30.3 Å². The molecule has 3 saturated heterocycles. The number of nitrogens with one attached hydrogen (secondary N) is 2. The van der Waals surface area contributed by atoms with E-state index in [-0.39, 0.29) is 35.7 Å². The zero-order valence-electron chi connectivity index (χ0n) is 19.5. The first-order valence-electron chi connectivity index (χ1n) is 12.3. The van der Waals surface area contributed by atoms with E-state index < -0.39 is 29.6 Å². The lowest BCUT2D eigenvalue weighted by Gasteiger charge is -2.34. The molecule has 3 amide bonds. The molecule has 2 bridgehead atoms. The smallest absolute Gasteiger partial charge is 0.245 e. The number of benzene rings is 1. The second kappa shape index (κ2) is 10.7. The fourth-order valence-electron chi connectivity index (χ4n) is 5.80. The van der Waals surface area contributed by atoms with Crippen molar-refractivity contribution in [3.05, 3.63) is 35.9 Å². The molecule has 9 heteroatoms. The maximum atomic E-state index is 13.7. The van der Waals surface area contributed by atoms with E-state index in [0.717, 1.165) is 24.8 Å². The van der Waals surface area contributed by atoms with Crippen molar-refractivity contribution in [1.82, 2.24) is 15.5 Å². The lowest BCUT2D eigenvalue weighted by atomic mass is 9.70. The Morgan fingerprint density at radius 1 is 1.18 bits per heavy atom. The van der Waals surface area contributed by atoms with Crippen LogP contribution in [0.25, 0.3) is 0 Å². The molecule has 3 N–H and O–H groups in total. The minimum absolute atomic E-state index is 0.0855. The van der Waals surface area contributed by atoms with Crippen molar-refractivity contribution < 1.29 is 24.2 Å². The van der Waals surface area contributed by atoms with Gasteiger partial charge in [-0.1, -0.05) is 66.0 Å². The molecule has 1 aromatic carbocycles. The highest BCUT2D eigenvalue weighted by molar-refractivity contribution is 9.09. The maximum absolute atomic E-state index is 13.7. The quantitative estimate of drug-likeness (QED) is 0.295. The van der Waals surface area contributed by atoms with Crippen LogP contribution in [0.3, 0.4) is 0 Å². The summed E-state index contributed by atoms with van der Waals surface area (Å²) in [7, 11) is 0. The van der Waals surface area contributed by atoms with Crippen molar-refractivity contribution in [3.8, 4) is 0 Å². The van der Waals surface area contributed by atoms with Gasteiger partial charge >= 0.3 is 0 Å². The van der Waals surface area contributed by atoms with Crippen LogP contribution < -0.4 is 10.6 Å². The van der Waals surface area contributed by atoms with Crippen molar-refractivity contribution in [3.63, 3.8) is 0 Å². The number of carbonyl (C=O) groups is 3. The molecule has 1 aromatic rings. The third kappa shape index (κ3) is 4.50. The first-order valence-corrected chi connectivity index (χ1v) is 13.2.